The maximum absolute atomic E-state index is 13.1. The Labute approximate surface area is 173 Å². The molecule has 2 amide bonds. The van der Waals surface area contributed by atoms with Crippen molar-refractivity contribution in [2.75, 3.05) is 5.32 Å². The molecule has 0 aliphatic heterocycles. The first-order chi connectivity index (χ1) is 14.7. The van der Waals surface area contributed by atoms with E-state index in [-0.39, 0.29) is 17.5 Å². The molecule has 0 radical (unpaired) electrons. The third kappa shape index (κ3) is 4.57. The third-order valence-corrected chi connectivity index (χ3v) is 4.83. The molecule has 0 spiro atoms. The molecule has 2 aromatic carbocycles. The van der Waals surface area contributed by atoms with Crippen molar-refractivity contribution in [1.29, 1.82) is 0 Å². The number of anilines is 1. The van der Waals surface area contributed by atoms with Gasteiger partial charge >= 0.3 is 6.18 Å². The highest BCUT2D eigenvalue weighted by Crippen LogP contribution is 2.34. The zero-order chi connectivity index (χ0) is 22.2. The first-order valence-corrected chi connectivity index (χ1v) is 9.49. The van der Waals surface area contributed by atoms with E-state index < -0.39 is 35.4 Å². The summed E-state index contributed by atoms with van der Waals surface area (Å²) in [4.78, 5) is 41.0. The molecule has 3 aromatic rings. The standard InChI is InChI=1S/C21H17F3N4O3/c22-21(23,24)14-3-1-2-4-15(14)27-18(29)11-28-17-8-5-12(20(31)26-13-6-7-13)9-16(17)25-10-19(28)30/h1-5,8-10,13H,6-7,11H2,(H,26,31)(H,27,29). The molecule has 2 N–H and O–H groups in total. The van der Waals surface area contributed by atoms with E-state index in [9.17, 15) is 27.6 Å². The van der Waals surface area contributed by atoms with Gasteiger partial charge in [-0.1, -0.05) is 12.1 Å². The Morgan fingerprint density at radius 2 is 1.87 bits per heavy atom. The Bertz CT molecular complexity index is 1230. The van der Waals surface area contributed by atoms with Crippen LogP contribution < -0.4 is 16.2 Å². The Hall–Kier alpha value is -3.69. The number of carbonyl (C=O) groups is 2. The second-order valence-corrected chi connectivity index (χ2v) is 7.23. The van der Waals surface area contributed by atoms with Gasteiger partial charge in [0.1, 0.15) is 6.54 Å². The second-order valence-electron chi connectivity index (χ2n) is 7.23. The fourth-order valence-corrected chi connectivity index (χ4v) is 3.14. The van der Waals surface area contributed by atoms with Gasteiger partial charge < -0.3 is 10.6 Å². The highest BCUT2D eigenvalue weighted by molar-refractivity contribution is 5.98. The van der Waals surface area contributed by atoms with Crippen LogP contribution in [0.25, 0.3) is 11.0 Å². The van der Waals surface area contributed by atoms with Crippen molar-refractivity contribution in [2.24, 2.45) is 0 Å². The third-order valence-electron chi connectivity index (χ3n) is 4.83. The molecule has 1 aromatic heterocycles. The van der Waals surface area contributed by atoms with Gasteiger partial charge in [-0.25, -0.2) is 4.98 Å². The van der Waals surface area contributed by atoms with Crippen LogP contribution >= 0.6 is 0 Å². The van der Waals surface area contributed by atoms with Crippen LogP contribution in [0.3, 0.4) is 0 Å². The number of hydrogen-bond acceptors (Lipinski definition) is 4. The number of rotatable bonds is 5. The molecular formula is C21H17F3N4O3. The average Bonchev–Trinajstić information content (AvgIpc) is 3.53. The molecule has 10 heteroatoms. The molecule has 31 heavy (non-hydrogen) atoms. The first-order valence-electron chi connectivity index (χ1n) is 9.49. The van der Waals surface area contributed by atoms with Gasteiger partial charge in [-0.05, 0) is 43.2 Å². The van der Waals surface area contributed by atoms with Gasteiger partial charge in [-0.15, -0.1) is 0 Å². The maximum atomic E-state index is 13.1. The maximum Gasteiger partial charge on any atom is 0.418 e. The van der Waals surface area contributed by atoms with Crippen LogP contribution in [0.4, 0.5) is 18.9 Å². The summed E-state index contributed by atoms with van der Waals surface area (Å²) in [6.45, 7) is -0.516. The minimum Gasteiger partial charge on any atom is -0.349 e. The van der Waals surface area contributed by atoms with Crippen molar-refractivity contribution < 1.29 is 22.8 Å². The number of nitrogens with zero attached hydrogens (tertiary/aromatic N) is 2. The molecular weight excluding hydrogens is 413 g/mol. The Morgan fingerprint density at radius 1 is 1.13 bits per heavy atom. The number of halogens is 3. The smallest absolute Gasteiger partial charge is 0.349 e. The summed E-state index contributed by atoms with van der Waals surface area (Å²) in [5.41, 5.74) is -1.02. The van der Waals surface area contributed by atoms with Crippen molar-refractivity contribution >= 4 is 28.5 Å². The zero-order valence-corrected chi connectivity index (χ0v) is 16.1. The van der Waals surface area contributed by atoms with E-state index in [2.05, 4.69) is 15.6 Å². The summed E-state index contributed by atoms with van der Waals surface area (Å²) >= 11 is 0. The highest BCUT2D eigenvalue weighted by Gasteiger charge is 2.33. The van der Waals surface area contributed by atoms with E-state index in [0.29, 0.717) is 11.1 Å². The lowest BCUT2D eigenvalue weighted by Crippen LogP contribution is -2.29. The fourth-order valence-electron chi connectivity index (χ4n) is 3.14. The molecule has 1 aliphatic rings. The normalized spacial score (nSPS) is 13.8. The van der Waals surface area contributed by atoms with Gasteiger partial charge in [-0.2, -0.15) is 13.2 Å². The minimum atomic E-state index is -4.64. The molecule has 7 nitrogen and oxygen atoms in total. The molecule has 0 bridgehead atoms. The van der Waals surface area contributed by atoms with Gasteiger partial charge in [0.2, 0.25) is 5.91 Å². The van der Waals surface area contributed by atoms with Crippen LogP contribution in [0, 0.1) is 0 Å². The van der Waals surface area contributed by atoms with E-state index in [0.717, 1.165) is 35.7 Å². The first kappa shape index (κ1) is 20.6. The minimum absolute atomic E-state index is 0.174. The molecule has 0 unspecified atom stereocenters. The van der Waals surface area contributed by atoms with Gasteiger partial charge in [0.15, 0.2) is 0 Å². The Morgan fingerprint density at radius 3 is 2.58 bits per heavy atom. The lowest BCUT2D eigenvalue weighted by molar-refractivity contribution is -0.137. The quantitative estimate of drug-likeness (QED) is 0.651. The molecule has 0 atom stereocenters. The topological polar surface area (TPSA) is 93.1 Å². The summed E-state index contributed by atoms with van der Waals surface area (Å²) < 4.78 is 40.5. The van der Waals surface area contributed by atoms with E-state index in [1.54, 1.807) is 0 Å². The van der Waals surface area contributed by atoms with Gasteiger partial charge in [-0.3, -0.25) is 19.0 Å². The fraction of sp³-hybridized carbons (Fsp3) is 0.238. The van der Waals surface area contributed by atoms with E-state index in [1.165, 1.54) is 30.3 Å². The molecule has 1 fully saturated rings. The number of carbonyl (C=O) groups excluding carboxylic acids is 2. The van der Waals surface area contributed by atoms with Crippen molar-refractivity contribution in [3.63, 3.8) is 0 Å². The van der Waals surface area contributed by atoms with Crippen molar-refractivity contribution in [3.8, 4) is 0 Å². The van der Waals surface area contributed by atoms with E-state index >= 15 is 0 Å². The lowest BCUT2D eigenvalue weighted by Gasteiger charge is -2.15. The van der Waals surface area contributed by atoms with Crippen LogP contribution in [0.1, 0.15) is 28.8 Å². The summed E-state index contributed by atoms with van der Waals surface area (Å²) in [5.74, 6) is -1.06. The molecule has 1 heterocycles. The largest absolute Gasteiger partial charge is 0.418 e. The SMILES string of the molecule is O=C(Cn1c(=O)cnc2cc(C(=O)NC3CC3)ccc21)Nc1ccccc1C(F)(F)F. The summed E-state index contributed by atoms with van der Waals surface area (Å²) in [6, 6.07) is 9.25. The van der Waals surface area contributed by atoms with Crippen LogP contribution in [-0.2, 0) is 17.5 Å². The Balaban J connectivity index is 1.59. The van der Waals surface area contributed by atoms with Crippen LogP contribution in [0.15, 0.2) is 53.5 Å². The predicted octanol–water partition coefficient (Wildman–Crippen LogP) is 2.95. The van der Waals surface area contributed by atoms with Crippen LogP contribution in [0.2, 0.25) is 0 Å². The number of para-hydroxylation sites is 1. The van der Waals surface area contributed by atoms with Crippen LogP contribution in [0.5, 0.6) is 0 Å². The second kappa shape index (κ2) is 7.86. The number of fused-ring (bicyclic) bond motifs is 1. The number of amides is 2. The zero-order valence-electron chi connectivity index (χ0n) is 16.1. The lowest BCUT2D eigenvalue weighted by atomic mass is 10.1. The molecule has 1 aliphatic carbocycles. The van der Waals surface area contributed by atoms with Crippen molar-refractivity contribution in [3.05, 3.63) is 70.1 Å². The average molecular weight is 430 g/mol. The van der Waals surface area contributed by atoms with Crippen molar-refractivity contribution in [1.82, 2.24) is 14.9 Å². The highest BCUT2D eigenvalue weighted by atomic mass is 19.4. The molecule has 1 saturated carbocycles. The Kier molecular flexibility index (Phi) is 5.22. The number of hydrogen-bond donors (Lipinski definition) is 2. The van der Waals surface area contributed by atoms with Gasteiger partial charge in [0, 0.05) is 11.6 Å². The predicted molar refractivity (Wildman–Crippen MR) is 107 cm³/mol. The molecule has 0 saturated heterocycles. The monoisotopic (exact) mass is 430 g/mol. The van der Waals surface area contributed by atoms with E-state index in [1.807, 2.05) is 0 Å². The number of alkyl halides is 3. The van der Waals surface area contributed by atoms with Gasteiger partial charge in [0.25, 0.3) is 11.5 Å². The number of nitrogens with one attached hydrogen (secondary N) is 2. The summed E-state index contributed by atoms with van der Waals surface area (Å²) in [5, 5.41) is 5.06. The summed E-state index contributed by atoms with van der Waals surface area (Å²) in [7, 11) is 0. The summed E-state index contributed by atoms with van der Waals surface area (Å²) in [6.07, 6.45) is -1.77. The van der Waals surface area contributed by atoms with Crippen molar-refractivity contribution in [2.45, 2.75) is 31.6 Å². The van der Waals surface area contributed by atoms with Gasteiger partial charge in [0.05, 0.1) is 28.5 Å². The molecule has 4 rings (SSSR count). The van der Waals surface area contributed by atoms with Crippen LogP contribution in [-0.4, -0.2) is 27.4 Å². The number of benzene rings is 2. The molecule has 160 valence electrons. The number of aromatic nitrogens is 2. The van der Waals surface area contributed by atoms with E-state index in [4.69, 9.17) is 0 Å².